The Kier molecular flexibility index (Phi) is 3.97. The molecule has 0 aliphatic heterocycles. The summed E-state index contributed by atoms with van der Waals surface area (Å²) < 4.78 is 1.04. The predicted molar refractivity (Wildman–Crippen MR) is 73.8 cm³/mol. The molecule has 0 aliphatic carbocycles. The van der Waals surface area contributed by atoms with Crippen LogP contribution in [0.1, 0.15) is 21.5 Å². The van der Waals surface area contributed by atoms with E-state index in [-0.39, 0.29) is 0 Å². The van der Waals surface area contributed by atoms with Crippen molar-refractivity contribution in [3.8, 4) is 0 Å². The van der Waals surface area contributed by atoms with Gasteiger partial charge in [-0.2, -0.15) is 0 Å². The Morgan fingerprint density at radius 2 is 1.94 bits per heavy atom. The molecule has 0 saturated heterocycles. The van der Waals surface area contributed by atoms with Crippen molar-refractivity contribution < 1.29 is 4.79 Å². The zero-order valence-electron chi connectivity index (χ0n) is 8.99. The Labute approximate surface area is 114 Å². The number of aldehydes is 1. The molecule has 0 radical (unpaired) electrons. The molecular formula is C14H10BrClO. The maximum Gasteiger partial charge on any atom is 0.151 e. The van der Waals surface area contributed by atoms with Crippen molar-refractivity contribution in [3.63, 3.8) is 0 Å². The van der Waals surface area contributed by atoms with E-state index in [0.29, 0.717) is 10.6 Å². The summed E-state index contributed by atoms with van der Waals surface area (Å²) in [5.74, 6) is 0. The molecule has 0 aliphatic rings. The van der Waals surface area contributed by atoms with E-state index >= 15 is 0 Å². The number of halogens is 2. The summed E-state index contributed by atoms with van der Waals surface area (Å²) in [7, 11) is 0. The van der Waals surface area contributed by atoms with E-state index in [2.05, 4.69) is 15.9 Å². The molecule has 0 saturated carbocycles. The lowest BCUT2D eigenvalue weighted by Crippen LogP contribution is -1.92. The van der Waals surface area contributed by atoms with Gasteiger partial charge in [0, 0.05) is 10.0 Å². The Bertz CT molecular complexity index is 552. The summed E-state index contributed by atoms with van der Waals surface area (Å²) in [6, 6.07) is 13.6. The molecular weight excluding hydrogens is 300 g/mol. The smallest absolute Gasteiger partial charge is 0.151 e. The molecule has 1 nitrogen and oxygen atoms in total. The van der Waals surface area contributed by atoms with Gasteiger partial charge in [-0.15, -0.1) is 0 Å². The van der Waals surface area contributed by atoms with Crippen molar-refractivity contribution >= 4 is 33.8 Å². The molecule has 0 amide bonds. The lowest BCUT2D eigenvalue weighted by atomic mass is 10.0. The van der Waals surface area contributed by atoms with Gasteiger partial charge in [0.25, 0.3) is 0 Å². The first-order valence-electron chi connectivity index (χ1n) is 5.17. The molecule has 0 unspecified atom stereocenters. The van der Waals surface area contributed by atoms with Crippen molar-refractivity contribution in [1.29, 1.82) is 0 Å². The monoisotopic (exact) mass is 308 g/mol. The van der Waals surface area contributed by atoms with Crippen LogP contribution in [0.4, 0.5) is 0 Å². The fourth-order valence-corrected chi connectivity index (χ4v) is 2.38. The molecule has 0 aromatic heterocycles. The molecule has 17 heavy (non-hydrogen) atoms. The van der Waals surface area contributed by atoms with Gasteiger partial charge in [0.1, 0.15) is 0 Å². The van der Waals surface area contributed by atoms with Crippen LogP contribution in [0.25, 0.3) is 0 Å². The summed E-state index contributed by atoms with van der Waals surface area (Å²) >= 11 is 9.59. The van der Waals surface area contributed by atoms with Gasteiger partial charge in [-0.25, -0.2) is 0 Å². The Hall–Kier alpha value is -1.12. The van der Waals surface area contributed by atoms with Crippen molar-refractivity contribution in [1.82, 2.24) is 0 Å². The second-order valence-electron chi connectivity index (χ2n) is 3.74. The molecule has 0 N–H and O–H groups in total. The third-order valence-corrected chi connectivity index (χ3v) is 3.47. The standard InChI is InChI=1S/C14H10BrClO/c15-13-6-1-3-10(8-13)7-11-4-2-5-12(9-17)14(11)16/h1-6,8-9H,7H2. The summed E-state index contributed by atoms with van der Waals surface area (Å²) in [6.07, 6.45) is 1.51. The second-order valence-corrected chi connectivity index (χ2v) is 5.04. The van der Waals surface area contributed by atoms with E-state index in [1.54, 1.807) is 6.07 Å². The lowest BCUT2D eigenvalue weighted by Gasteiger charge is -2.06. The van der Waals surface area contributed by atoms with Crippen molar-refractivity contribution in [2.45, 2.75) is 6.42 Å². The minimum atomic E-state index is 0.541. The molecule has 3 heteroatoms. The Morgan fingerprint density at radius 3 is 2.65 bits per heavy atom. The molecule has 0 bridgehead atoms. The zero-order valence-corrected chi connectivity index (χ0v) is 11.3. The predicted octanol–water partition coefficient (Wildman–Crippen LogP) is 4.51. The average molecular weight is 310 g/mol. The Morgan fingerprint density at radius 1 is 1.18 bits per heavy atom. The zero-order chi connectivity index (χ0) is 12.3. The van der Waals surface area contributed by atoms with Gasteiger partial charge in [0.05, 0.1) is 5.02 Å². The topological polar surface area (TPSA) is 17.1 Å². The summed E-state index contributed by atoms with van der Waals surface area (Å²) in [6.45, 7) is 0. The lowest BCUT2D eigenvalue weighted by molar-refractivity contribution is 0.112. The highest BCUT2D eigenvalue weighted by Crippen LogP contribution is 2.23. The van der Waals surface area contributed by atoms with Gasteiger partial charge in [0.15, 0.2) is 6.29 Å². The minimum Gasteiger partial charge on any atom is -0.298 e. The van der Waals surface area contributed by atoms with Crippen LogP contribution in [0, 0.1) is 0 Å². The number of benzene rings is 2. The maximum atomic E-state index is 10.8. The quantitative estimate of drug-likeness (QED) is 0.763. The van der Waals surface area contributed by atoms with Gasteiger partial charge in [-0.3, -0.25) is 4.79 Å². The van der Waals surface area contributed by atoms with E-state index < -0.39 is 0 Å². The van der Waals surface area contributed by atoms with Crippen LogP contribution in [0.5, 0.6) is 0 Å². The van der Waals surface area contributed by atoms with Gasteiger partial charge < -0.3 is 0 Å². The number of carbonyl (C=O) groups excluding carboxylic acids is 1. The van der Waals surface area contributed by atoms with Crippen LogP contribution in [-0.4, -0.2) is 6.29 Å². The van der Waals surface area contributed by atoms with Crippen LogP contribution >= 0.6 is 27.5 Å². The fraction of sp³-hybridized carbons (Fsp3) is 0.0714. The number of rotatable bonds is 3. The molecule has 0 fully saturated rings. The summed E-state index contributed by atoms with van der Waals surface area (Å²) in [5.41, 5.74) is 2.66. The number of hydrogen-bond acceptors (Lipinski definition) is 1. The summed E-state index contributed by atoms with van der Waals surface area (Å²) in [5, 5.41) is 0.544. The maximum absolute atomic E-state index is 10.8. The van der Waals surface area contributed by atoms with Crippen LogP contribution in [0.3, 0.4) is 0 Å². The molecule has 2 aromatic carbocycles. The molecule has 0 heterocycles. The largest absolute Gasteiger partial charge is 0.298 e. The van der Waals surface area contributed by atoms with Gasteiger partial charge in [-0.1, -0.05) is 57.9 Å². The fourth-order valence-electron chi connectivity index (χ4n) is 1.69. The molecule has 0 spiro atoms. The van der Waals surface area contributed by atoms with E-state index in [1.807, 2.05) is 36.4 Å². The van der Waals surface area contributed by atoms with Crippen LogP contribution < -0.4 is 0 Å². The normalized spacial score (nSPS) is 10.2. The van der Waals surface area contributed by atoms with Crippen molar-refractivity contribution in [2.24, 2.45) is 0 Å². The first kappa shape index (κ1) is 12.3. The number of hydrogen-bond donors (Lipinski definition) is 0. The van der Waals surface area contributed by atoms with Crippen LogP contribution in [0.2, 0.25) is 5.02 Å². The number of carbonyl (C=O) groups is 1. The van der Waals surface area contributed by atoms with Crippen molar-refractivity contribution in [2.75, 3.05) is 0 Å². The third kappa shape index (κ3) is 2.96. The third-order valence-electron chi connectivity index (χ3n) is 2.52. The van der Waals surface area contributed by atoms with Crippen LogP contribution in [0.15, 0.2) is 46.9 Å². The van der Waals surface area contributed by atoms with Gasteiger partial charge in [-0.05, 0) is 29.7 Å². The highest BCUT2D eigenvalue weighted by atomic mass is 79.9. The molecule has 0 atom stereocenters. The van der Waals surface area contributed by atoms with Crippen molar-refractivity contribution in [3.05, 3.63) is 68.7 Å². The Balaban J connectivity index is 2.33. The first-order valence-corrected chi connectivity index (χ1v) is 6.35. The van der Waals surface area contributed by atoms with E-state index in [9.17, 15) is 4.79 Å². The molecule has 2 rings (SSSR count). The van der Waals surface area contributed by atoms with Gasteiger partial charge in [0.2, 0.25) is 0 Å². The SMILES string of the molecule is O=Cc1cccc(Cc2cccc(Br)c2)c1Cl. The van der Waals surface area contributed by atoms with E-state index in [0.717, 1.165) is 28.3 Å². The highest BCUT2D eigenvalue weighted by Gasteiger charge is 2.06. The van der Waals surface area contributed by atoms with E-state index in [4.69, 9.17) is 11.6 Å². The average Bonchev–Trinajstić information content (AvgIpc) is 2.32. The minimum absolute atomic E-state index is 0.541. The van der Waals surface area contributed by atoms with Gasteiger partial charge >= 0.3 is 0 Å². The summed E-state index contributed by atoms with van der Waals surface area (Å²) in [4.78, 5) is 10.8. The highest BCUT2D eigenvalue weighted by molar-refractivity contribution is 9.10. The first-order chi connectivity index (χ1) is 8.20. The molecule has 2 aromatic rings. The molecule has 86 valence electrons. The van der Waals surface area contributed by atoms with E-state index in [1.165, 1.54) is 0 Å². The van der Waals surface area contributed by atoms with Crippen LogP contribution in [-0.2, 0) is 6.42 Å². The second kappa shape index (κ2) is 5.48.